The molecule has 0 aromatic heterocycles. The Balaban J connectivity index is -0.0000000457. The molecule has 0 aromatic carbocycles. The van der Waals surface area contributed by atoms with Crippen molar-refractivity contribution in [2.45, 2.75) is 0 Å². The molecular formula is H5LiMnO8S2. The molecule has 0 saturated carbocycles. The summed E-state index contributed by atoms with van der Waals surface area (Å²) in [6.45, 7) is 0. The van der Waals surface area contributed by atoms with E-state index in [2.05, 4.69) is 0 Å². The topological polar surface area (TPSA) is 149 Å². The van der Waals surface area contributed by atoms with E-state index in [1.807, 2.05) is 0 Å². The van der Waals surface area contributed by atoms with Crippen molar-refractivity contribution in [2.75, 3.05) is 0 Å². The second-order valence-corrected chi connectivity index (χ2v) is 2.69. The Bertz CT molecular complexity index is 213. The molecule has 12 heteroatoms. The van der Waals surface area contributed by atoms with Gasteiger partial charge in [-0.2, -0.15) is 16.8 Å². The molecule has 0 saturated heterocycles. The Morgan fingerprint density at radius 1 is 0.667 bits per heavy atom. The smallest absolute Gasteiger partial charge is 0 e. The maximum Gasteiger partial charge on any atom is 0 e. The van der Waals surface area contributed by atoms with Gasteiger partial charge in [-0.3, -0.25) is 18.2 Å². The average Bonchev–Trinajstić information content (AvgIpc) is 1.12. The third-order valence-electron chi connectivity index (χ3n) is 0. The Morgan fingerprint density at radius 2 is 0.667 bits per heavy atom. The molecule has 0 aliphatic heterocycles. The standard InChI is InChI=1S/Li.Mn.2H2O4S.H/c;;2*1-5(2,3)4;/h;;2*(H2,1,2,3,4);. The fraction of sp³-hybridized carbons (Fsp3) is 0. The Labute approximate surface area is 91.5 Å². The average molecular weight is 259 g/mol. The van der Waals surface area contributed by atoms with Crippen LogP contribution in [0.2, 0.25) is 0 Å². The van der Waals surface area contributed by atoms with Gasteiger partial charge in [0, 0.05) is 17.1 Å². The van der Waals surface area contributed by atoms with Crippen molar-refractivity contribution in [2.24, 2.45) is 0 Å². The molecule has 4 N–H and O–H groups in total. The molecule has 0 rings (SSSR count). The summed E-state index contributed by atoms with van der Waals surface area (Å²) in [5.41, 5.74) is 0. The van der Waals surface area contributed by atoms with Gasteiger partial charge in [-0.1, -0.05) is 0 Å². The molecule has 0 bridgehead atoms. The van der Waals surface area contributed by atoms with Crippen LogP contribution in [0.4, 0.5) is 0 Å². The van der Waals surface area contributed by atoms with Gasteiger partial charge in [0.1, 0.15) is 0 Å². The zero-order chi connectivity index (χ0) is 9.00. The number of hydrogen-bond acceptors (Lipinski definition) is 4. The fourth-order valence-corrected chi connectivity index (χ4v) is 0. The van der Waals surface area contributed by atoms with Crippen molar-refractivity contribution in [3.05, 3.63) is 0 Å². The van der Waals surface area contributed by atoms with E-state index in [0.717, 1.165) is 0 Å². The van der Waals surface area contributed by atoms with E-state index in [1.54, 1.807) is 0 Å². The van der Waals surface area contributed by atoms with Gasteiger partial charge >= 0.3 is 39.7 Å². The quantitative estimate of drug-likeness (QED) is 0.289. The molecule has 0 unspecified atom stereocenters. The molecule has 0 atom stereocenters. The van der Waals surface area contributed by atoms with E-state index >= 15 is 0 Å². The zero-order valence-corrected chi connectivity index (χ0v) is 7.43. The van der Waals surface area contributed by atoms with E-state index in [-0.39, 0.29) is 35.9 Å². The van der Waals surface area contributed by atoms with E-state index in [1.165, 1.54) is 0 Å². The van der Waals surface area contributed by atoms with Gasteiger partial charge in [-0.15, -0.1) is 0 Å². The molecule has 0 aromatic rings. The van der Waals surface area contributed by atoms with Crippen LogP contribution in [0, 0.1) is 0 Å². The monoisotopic (exact) mass is 259 g/mol. The first-order chi connectivity index (χ1) is 4.00. The molecule has 0 spiro atoms. The molecular weight excluding hydrogens is 254 g/mol. The largest absolute Gasteiger partial charge is 0 e. The molecule has 1 radical (unpaired) electrons. The van der Waals surface area contributed by atoms with Crippen LogP contribution in [0.3, 0.4) is 0 Å². The van der Waals surface area contributed by atoms with Gasteiger partial charge in [0.25, 0.3) is 0 Å². The minimum atomic E-state index is -4.67. The van der Waals surface area contributed by atoms with E-state index in [4.69, 9.17) is 35.0 Å². The third-order valence-corrected chi connectivity index (χ3v) is 0. The van der Waals surface area contributed by atoms with Crippen molar-refractivity contribution < 1.29 is 52.1 Å². The van der Waals surface area contributed by atoms with Gasteiger partial charge in [-0.05, 0) is 0 Å². The normalized spacial score (nSPS) is 9.67. The minimum Gasteiger partial charge on any atom is 0 e. The summed E-state index contributed by atoms with van der Waals surface area (Å²) < 4.78 is 63.2. The van der Waals surface area contributed by atoms with Crippen molar-refractivity contribution in [1.82, 2.24) is 0 Å². The summed E-state index contributed by atoms with van der Waals surface area (Å²) in [4.78, 5) is 0. The van der Waals surface area contributed by atoms with Crippen molar-refractivity contribution in [1.29, 1.82) is 0 Å². The van der Waals surface area contributed by atoms with Crippen LogP contribution in [-0.2, 0) is 37.9 Å². The predicted octanol–water partition coefficient (Wildman–Crippen LogP) is -1.96. The second kappa shape index (κ2) is 8.45. The molecule has 0 amide bonds. The molecule has 73 valence electrons. The van der Waals surface area contributed by atoms with Crippen LogP contribution < -0.4 is 0 Å². The molecule has 0 fully saturated rings. The predicted molar refractivity (Wildman–Crippen MR) is 35.5 cm³/mol. The summed E-state index contributed by atoms with van der Waals surface area (Å²) >= 11 is 0. The summed E-state index contributed by atoms with van der Waals surface area (Å²) in [6, 6.07) is 0. The van der Waals surface area contributed by atoms with Crippen LogP contribution in [0.5, 0.6) is 0 Å². The van der Waals surface area contributed by atoms with Crippen molar-refractivity contribution >= 4 is 39.7 Å². The van der Waals surface area contributed by atoms with E-state index < -0.39 is 20.8 Å². The summed E-state index contributed by atoms with van der Waals surface area (Å²) in [7, 11) is -9.33. The van der Waals surface area contributed by atoms with Crippen LogP contribution in [0.15, 0.2) is 0 Å². The van der Waals surface area contributed by atoms with Crippen molar-refractivity contribution in [3.8, 4) is 0 Å². The first-order valence-electron chi connectivity index (χ1n) is 1.40. The van der Waals surface area contributed by atoms with Gasteiger partial charge < -0.3 is 0 Å². The maximum absolute atomic E-state index is 8.74. The number of rotatable bonds is 0. The summed E-state index contributed by atoms with van der Waals surface area (Å²) in [5.74, 6) is 0. The van der Waals surface area contributed by atoms with E-state index in [9.17, 15) is 0 Å². The molecule has 8 nitrogen and oxygen atoms in total. The Hall–Kier alpha value is 0.857. The minimum absolute atomic E-state index is 0. The van der Waals surface area contributed by atoms with Crippen LogP contribution in [-0.4, -0.2) is 53.9 Å². The Morgan fingerprint density at radius 3 is 0.667 bits per heavy atom. The molecule has 0 aliphatic rings. The van der Waals surface area contributed by atoms with Gasteiger partial charge in [-0.25, -0.2) is 0 Å². The summed E-state index contributed by atoms with van der Waals surface area (Å²) in [6.07, 6.45) is 0. The van der Waals surface area contributed by atoms with Gasteiger partial charge in [0.05, 0.1) is 0 Å². The Kier molecular flexibility index (Phi) is 16.2. The van der Waals surface area contributed by atoms with Crippen LogP contribution in [0.1, 0.15) is 0 Å². The van der Waals surface area contributed by atoms with Gasteiger partial charge in [0.15, 0.2) is 0 Å². The van der Waals surface area contributed by atoms with Gasteiger partial charge in [0.2, 0.25) is 0 Å². The first kappa shape index (κ1) is 23.0. The molecule has 0 aliphatic carbocycles. The maximum atomic E-state index is 8.74. The first-order valence-corrected chi connectivity index (χ1v) is 4.19. The summed E-state index contributed by atoms with van der Waals surface area (Å²) in [5, 5.41) is 0. The zero-order valence-electron chi connectivity index (χ0n) is 4.62. The second-order valence-electron chi connectivity index (χ2n) is 0.896. The molecule has 0 heterocycles. The SMILES string of the molecule is O=S(=O)(O)O.O=S(=O)(O)O.[LiH].[Mn]. The van der Waals surface area contributed by atoms with E-state index in [0.29, 0.717) is 0 Å². The van der Waals surface area contributed by atoms with Crippen LogP contribution in [0.25, 0.3) is 0 Å². The number of hydrogen-bond donors (Lipinski definition) is 4. The third kappa shape index (κ3) is 1440. The van der Waals surface area contributed by atoms with Crippen molar-refractivity contribution in [3.63, 3.8) is 0 Å². The van der Waals surface area contributed by atoms with Crippen LogP contribution >= 0.6 is 0 Å². The molecule has 12 heavy (non-hydrogen) atoms. The fourth-order valence-electron chi connectivity index (χ4n) is 0.